The summed E-state index contributed by atoms with van der Waals surface area (Å²) in [6, 6.07) is -0.988. The second kappa shape index (κ2) is 9.83. The van der Waals surface area contributed by atoms with E-state index in [1.165, 1.54) is 6.92 Å². The molecule has 5 N–H and O–H groups in total. The Bertz CT molecular complexity index is 399. The van der Waals surface area contributed by atoms with Gasteiger partial charge in [0.1, 0.15) is 30.5 Å². The molecule has 1 amide bonds. The predicted octanol–water partition coefficient (Wildman–Crippen LogP) is -1.52. The Hall–Kier alpha value is -0.520. The largest absolute Gasteiger partial charge is 0.391 e. The number of carbonyl (C=O) groups is 1. The van der Waals surface area contributed by atoms with Gasteiger partial charge in [-0.3, -0.25) is 4.79 Å². The zero-order valence-corrected chi connectivity index (χ0v) is 13.5. The summed E-state index contributed by atoms with van der Waals surface area (Å²) in [4.78, 5) is 14.2. The van der Waals surface area contributed by atoms with E-state index in [0.717, 1.165) is 0 Å². The van der Waals surface area contributed by atoms with Gasteiger partial charge in [-0.05, 0) is 25.1 Å². The van der Waals surface area contributed by atoms with Crippen LogP contribution >= 0.6 is 11.8 Å². The number of hydrogen-bond donors (Lipinski definition) is 5. The summed E-state index contributed by atoms with van der Waals surface area (Å²) in [5, 5.41) is 32.2. The number of amides is 1. The van der Waals surface area contributed by atoms with Crippen LogP contribution in [0, 0.1) is 0 Å². The van der Waals surface area contributed by atoms with E-state index in [2.05, 4.69) is 10.2 Å². The molecule has 3 saturated heterocycles. The van der Waals surface area contributed by atoms with Crippen molar-refractivity contribution < 1.29 is 34.3 Å². The molecule has 0 spiro atoms. The smallest absolute Gasteiger partial charge is 0.241 e. The highest BCUT2D eigenvalue weighted by Crippen LogP contribution is 2.25. The summed E-state index contributed by atoms with van der Waals surface area (Å²) < 4.78 is 16.5. The van der Waals surface area contributed by atoms with Gasteiger partial charge in [0.05, 0.1) is 12.7 Å². The van der Waals surface area contributed by atoms with Gasteiger partial charge in [0.15, 0.2) is 6.29 Å². The molecule has 3 aliphatic rings. The first-order valence-electron chi connectivity index (χ1n) is 7.52. The van der Waals surface area contributed by atoms with E-state index in [9.17, 15) is 20.1 Å². The van der Waals surface area contributed by atoms with Crippen LogP contribution in [0.5, 0.6) is 0 Å². The van der Waals surface area contributed by atoms with Crippen LogP contribution in [0.4, 0.5) is 0 Å². The maximum absolute atomic E-state index is 12.0. The van der Waals surface area contributed by atoms with Gasteiger partial charge in [-0.2, -0.15) is 0 Å². The molecule has 0 radical (unpaired) electrons. The molecule has 9 nitrogen and oxygen atoms in total. The van der Waals surface area contributed by atoms with E-state index >= 15 is 0 Å². The number of carbonyl (C=O) groups excluding carboxylic acids is 1. The minimum atomic E-state index is -1.22. The molecule has 0 aliphatic carbocycles. The van der Waals surface area contributed by atoms with Gasteiger partial charge in [-0.15, -0.1) is 0 Å². The van der Waals surface area contributed by atoms with Crippen LogP contribution in [0.15, 0.2) is 0 Å². The monoisotopic (exact) mass is 370 g/mol. The molecule has 2 bridgehead atoms. The zero-order valence-electron chi connectivity index (χ0n) is 12.7. The van der Waals surface area contributed by atoms with Gasteiger partial charge in [0.2, 0.25) is 5.91 Å². The van der Waals surface area contributed by atoms with E-state index < -0.39 is 48.8 Å². The molecule has 0 aromatic carbocycles. The van der Waals surface area contributed by atoms with Gasteiger partial charge < -0.3 is 34.8 Å². The van der Waals surface area contributed by atoms with Crippen LogP contribution in [-0.2, 0) is 19.0 Å². The van der Waals surface area contributed by atoms with Gasteiger partial charge in [-0.1, -0.05) is 7.43 Å². The topological polar surface area (TPSA) is 130 Å². The minimum Gasteiger partial charge on any atom is -0.391 e. The number of aliphatic hydroxyl groups is 3. The lowest BCUT2D eigenvalue weighted by Gasteiger charge is -2.41. The summed E-state index contributed by atoms with van der Waals surface area (Å²) in [6.07, 6.45) is -5.27. The molecular formula is C14H27ClN2O7. The average Bonchev–Trinajstić information content (AvgIpc) is 2.64. The number of halogens is 1. The quantitative estimate of drug-likeness (QED) is 0.369. The lowest BCUT2D eigenvalue weighted by molar-refractivity contribution is -0.292. The van der Waals surface area contributed by atoms with E-state index in [1.54, 1.807) is 0 Å². The van der Waals surface area contributed by atoms with Gasteiger partial charge in [0.25, 0.3) is 0 Å². The molecule has 24 heavy (non-hydrogen) atoms. The molecule has 7 atom stereocenters. The van der Waals surface area contributed by atoms with Gasteiger partial charge >= 0.3 is 0 Å². The van der Waals surface area contributed by atoms with Crippen molar-refractivity contribution in [1.29, 1.82) is 0 Å². The first-order chi connectivity index (χ1) is 11.0. The van der Waals surface area contributed by atoms with Crippen LogP contribution in [0.25, 0.3) is 0 Å². The summed E-state index contributed by atoms with van der Waals surface area (Å²) in [6.45, 7) is 2.11. The lowest BCUT2D eigenvalue weighted by Crippen LogP contribution is -2.61. The second-order valence-corrected chi connectivity index (χ2v) is 5.87. The fourth-order valence-electron chi connectivity index (χ4n) is 2.56. The molecule has 142 valence electrons. The third-order valence-corrected chi connectivity index (χ3v) is 4.12. The summed E-state index contributed by atoms with van der Waals surface area (Å²) in [5.74, 6) is -0.523. The standard InChI is InChI=1S/C13H23ClN2O7.CH4/c1-6(17)8(16-14)12(20)15-5-7-11-9(18)10(19)13(23-7)22-4-2-3-21-11;/h6-11,13,16-19H,2-5H2,1H3,(H,15,20);1H4/t6?,7?,8-,9?,10?,11?,13?;/m0./s1. The van der Waals surface area contributed by atoms with Crippen LogP contribution in [0.2, 0.25) is 0 Å². The van der Waals surface area contributed by atoms with Crippen molar-refractivity contribution in [1.82, 2.24) is 10.2 Å². The van der Waals surface area contributed by atoms with Crippen molar-refractivity contribution in [2.45, 2.75) is 63.6 Å². The van der Waals surface area contributed by atoms with E-state index in [4.69, 9.17) is 26.0 Å². The molecular weight excluding hydrogens is 344 g/mol. The normalized spacial score (nSPS) is 35.8. The fraction of sp³-hybridized carbons (Fsp3) is 0.929. The molecule has 3 aliphatic heterocycles. The highest BCUT2D eigenvalue weighted by molar-refractivity contribution is 6.15. The molecule has 0 aromatic heterocycles. The Kier molecular flexibility index (Phi) is 8.82. The third-order valence-electron chi connectivity index (χ3n) is 3.88. The van der Waals surface area contributed by atoms with Crippen molar-refractivity contribution in [3.8, 4) is 0 Å². The van der Waals surface area contributed by atoms with Gasteiger partial charge in [-0.25, -0.2) is 4.84 Å². The first kappa shape index (κ1) is 21.5. The second-order valence-electron chi connectivity index (χ2n) is 5.66. The molecule has 3 heterocycles. The summed E-state index contributed by atoms with van der Waals surface area (Å²) in [5.41, 5.74) is 0. The van der Waals surface area contributed by atoms with Crippen molar-refractivity contribution in [2.24, 2.45) is 0 Å². The Balaban J connectivity index is 0.00000288. The maximum atomic E-state index is 12.0. The Morgan fingerprint density at radius 3 is 2.58 bits per heavy atom. The van der Waals surface area contributed by atoms with Crippen LogP contribution < -0.4 is 10.2 Å². The van der Waals surface area contributed by atoms with E-state index in [-0.39, 0.29) is 14.0 Å². The number of fused-ring (bicyclic) bond motifs is 6. The average molecular weight is 371 g/mol. The van der Waals surface area contributed by atoms with Crippen molar-refractivity contribution >= 4 is 17.7 Å². The Morgan fingerprint density at radius 1 is 1.29 bits per heavy atom. The highest BCUT2D eigenvalue weighted by Gasteiger charge is 2.46. The lowest BCUT2D eigenvalue weighted by atomic mass is 9.98. The molecule has 3 fully saturated rings. The minimum absolute atomic E-state index is 0. The summed E-state index contributed by atoms with van der Waals surface area (Å²) in [7, 11) is 0. The molecule has 0 saturated carbocycles. The van der Waals surface area contributed by atoms with Crippen LogP contribution in [-0.4, -0.2) is 83.8 Å². The van der Waals surface area contributed by atoms with Gasteiger partial charge in [0, 0.05) is 13.2 Å². The molecule has 10 heteroatoms. The maximum Gasteiger partial charge on any atom is 0.241 e. The fourth-order valence-corrected chi connectivity index (χ4v) is 2.84. The number of ether oxygens (including phenoxy) is 3. The molecule has 3 rings (SSSR count). The molecule has 6 unspecified atom stereocenters. The predicted molar refractivity (Wildman–Crippen MR) is 85.2 cm³/mol. The third kappa shape index (κ3) is 4.99. The number of hydrogen-bond acceptors (Lipinski definition) is 8. The van der Waals surface area contributed by atoms with E-state index in [1.807, 2.05) is 0 Å². The van der Waals surface area contributed by atoms with Crippen LogP contribution in [0.3, 0.4) is 0 Å². The van der Waals surface area contributed by atoms with Crippen molar-refractivity contribution in [2.75, 3.05) is 19.8 Å². The Morgan fingerprint density at radius 2 is 1.96 bits per heavy atom. The first-order valence-corrected chi connectivity index (χ1v) is 7.90. The molecule has 0 aromatic rings. The van der Waals surface area contributed by atoms with Crippen LogP contribution in [0.1, 0.15) is 20.8 Å². The number of nitrogens with one attached hydrogen (secondary N) is 2. The number of rotatable bonds is 5. The SMILES string of the molecule is C.CC(O)[C@H](NCl)C(=O)NCC1OC2OCCCOC1C(O)C2O. The van der Waals surface area contributed by atoms with Crippen molar-refractivity contribution in [3.05, 3.63) is 0 Å². The van der Waals surface area contributed by atoms with Crippen molar-refractivity contribution in [3.63, 3.8) is 0 Å². The van der Waals surface area contributed by atoms with E-state index in [0.29, 0.717) is 19.6 Å². The highest BCUT2D eigenvalue weighted by atomic mass is 35.5. The Labute approximate surface area is 146 Å². The summed E-state index contributed by atoms with van der Waals surface area (Å²) >= 11 is 5.43. The number of aliphatic hydroxyl groups excluding tert-OH is 3. The zero-order chi connectivity index (χ0) is 17.0.